The Bertz CT molecular complexity index is 142. The quantitative estimate of drug-likeness (QED) is 0.448. The standard InChI is InChI=1S/C11H21O4.Ti/c1-4-7-13-11(10-12,14-8-5-2)15-9-6-3;/h4-9H2,1-3H3;. The summed E-state index contributed by atoms with van der Waals surface area (Å²) < 4.78 is 15.8. The van der Waals surface area contributed by atoms with Crippen LogP contribution in [0.4, 0.5) is 0 Å². The Kier molecular flexibility index (Phi) is 13.7. The molecular formula is C11H21O4Ti. The zero-order valence-corrected chi connectivity index (χ0v) is 11.9. The molecule has 0 aromatic rings. The third-order valence-electron chi connectivity index (χ3n) is 1.61. The molecule has 16 heavy (non-hydrogen) atoms. The fourth-order valence-corrected chi connectivity index (χ4v) is 0.923. The molecule has 5 heteroatoms. The molecule has 0 saturated heterocycles. The molecule has 0 aliphatic rings. The minimum Gasteiger partial charge on any atom is -0.321 e. The SMILES string of the molecule is CCCOC([C]=O)(OCCC)OCCC.[Ti]. The van der Waals surface area contributed by atoms with E-state index in [1.807, 2.05) is 20.8 Å². The number of hydrogen-bond acceptors (Lipinski definition) is 4. The van der Waals surface area contributed by atoms with Gasteiger partial charge in [-0.3, -0.25) is 4.79 Å². The summed E-state index contributed by atoms with van der Waals surface area (Å²) in [5, 5.41) is 0. The zero-order valence-electron chi connectivity index (χ0n) is 10.4. The Hall–Kier alpha value is 0.264. The average Bonchev–Trinajstić information content (AvgIpc) is 2.29. The van der Waals surface area contributed by atoms with Gasteiger partial charge in [-0.25, -0.2) is 0 Å². The second-order valence-electron chi connectivity index (χ2n) is 3.20. The second kappa shape index (κ2) is 11.7. The molecule has 0 N–H and O–H groups in total. The van der Waals surface area contributed by atoms with E-state index in [1.165, 1.54) is 0 Å². The van der Waals surface area contributed by atoms with Crippen LogP contribution in [-0.2, 0) is 40.7 Å². The maximum absolute atomic E-state index is 10.8. The summed E-state index contributed by atoms with van der Waals surface area (Å²) >= 11 is 0. The molecule has 93 valence electrons. The Labute approximate surface area is 113 Å². The van der Waals surface area contributed by atoms with Crippen molar-refractivity contribution in [1.82, 2.24) is 0 Å². The Balaban J connectivity index is 0. The predicted molar refractivity (Wildman–Crippen MR) is 57.2 cm³/mol. The molecular weight excluding hydrogens is 244 g/mol. The summed E-state index contributed by atoms with van der Waals surface area (Å²) in [5.74, 6) is -1.61. The molecule has 0 atom stereocenters. The monoisotopic (exact) mass is 265 g/mol. The maximum Gasteiger partial charge on any atom is 0.355 e. The predicted octanol–water partition coefficient (Wildman–Crippen LogP) is 2.03. The average molecular weight is 265 g/mol. The molecule has 0 aromatic carbocycles. The van der Waals surface area contributed by atoms with Crippen molar-refractivity contribution in [3.63, 3.8) is 0 Å². The van der Waals surface area contributed by atoms with Crippen LogP contribution in [0.1, 0.15) is 40.0 Å². The minimum atomic E-state index is -1.61. The first-order valence-corrected chi connectivity index (χ1v) is 5.55. The first kappa shape index (κ1) is 18.6. The van der Waals surface area contributed by atoms with Gasteiger partial charge in [0.1, 0.15) is 0 Å². The van der Waals surface area contributed by atoms with E-state index in [9.17, 15) is 4.79 Å². The van der Waals surface area contributed by atoms with Gasteiger partial charge in [0.05, 0.1) is 19.8 Å². The molecule has 0 saturated carbocycles. The molecule has 4 nitrogen and oxygen atoms in total. The van der Waals surface area contributed by atoms with Gasteiger partial charge in [-0.15, -0.1) is 0 Å². The largest absolute Gasteiger partial charge is 0.355 e. The van der Waals surface area contributed by atoms with Crippen LogP contribution in [0.5, 0.6) is 0 Å². The summed E-state index contributed by atoms with van der Waals surface area (Å²) in [6.45, 7) is 7.12. The van der Waals surface area contributed by atoms with Crippen LogP contribution in [-0.4, -0.2) is 32.1 Å². The molecule has 0 unspecified atom stereocenters. The van der Waals surface area contributed by atoms with Crippen molar-refractivity contribution in [1.29, 1.82) is 0 Å². The first-order chi connectivity index (χ1) is 7.24. The van der Waals surface area contributed by atoms with Crippen LogP contribution in [0.25, 0.3) is 0 Å². The molecule has 0 bridgehead atoms. The molecule has 1 radical (unpaired) electrons. The van der Waals surface area contributed by atoms with Gasteiger partial charge in [0, 0.05) is 21.7 Å². The topological polar surface area (TPSA) is 44.8 Å². The molecule has 0 rings (SSSR count). The summed E-state index contributed by atoms with van der Waals surface area (Å²) in [4.78, 5) is 10.8. The summed E-state index contributed by atoms with van der Waals surface area (Å²) in [6.07, 6.45) is 4.10. The minimum absolute atomic E-state index is 0. The van der Waals surface area contributed by atoms with Gasteiger partial charge in [0.15, 0.2) is 0 Å². The smallest absolute Gasteiger partial charge is 0.321 e. The van der Waals surface area contributed by atoms with Crippen LogP contribution in [0.3, 0.4) is 0 Å². The van der Waals surface area contributed by atoms with E-state index >= 15 is 0 Å². The van der Waals surface area contributed by atoms with Crippen LogP contribution in [0.15, 0.2) is 0 Å². The zero-order chi connectivity index (χ0) is 11.6. The summed E-state index contributed by atoms with van der Waals surface area (Å²) in [7, 11) is 0. The van der Waals surface area contributed by atoms with Crippen molar-refractivity contribution in [2.45, 2.75) is 46.0 Å². The van der Waals surface area contributed by atoms with Gasteiger partial charge in [-0.1, -0.05) is 20.8 Å². The summed E-state index contributed by atoms with van der Waals surface area (Å²) in [5.41, 5.74) is 0. The van der Waals surface area contributed by atoms with Crippen molar-refractivity contribution in [3.8, 4) is 0 Å². The van der Waals surface area contributed by atoms with Gasteiger partial charge in [-0.2, -0.15) is 0 Å². The van der Waals surface area contributed by atoms with Crippen LogP contribution in [0, 0.1) is 0 Å². The van der Waals surface area contributed by atoms with Crippen LogP contribution >= 0.6 is 0 Å². The molecule has 0 fully saturated rings. The van der Waals surface area contributed by atoms with Crippen molar-refractivity contribution in [2.75, 3.05) is 19.8 Å². The number of ether oxygens (including phenoxy) is 3. The van der Waals surface area contributed by atoms with Gasteiger partial charge in [0.25, 0.3) is 6.29 Å². The Morgan fingerprint density at radius 2 is 1.19 bits per heavy atom. The van der Waals surface area contributed by atoms with E-state index in [2.05, 4.69) is 0 Å². The van der Waals surface area contributed by atoms with Gasteiger partial charge in [0.2, 0.25) is 0 Å². The molecule has 0 aromatic heterocycles. The Morgan fingerprint density at radius 1 is 0.875 bits per heavy atom. The van der Waals surface area contributed by atoms with Crippen LogP contribution < -0.4 is 0 Å². The van der Waals surface area contributed by atoms with E-state index in [0.717, 1.165) is 19.3 Å². The molecule has 0 heterocycles. The third kappa shape index (κ3) is 7.52. The van der Waals surface area contributed by atoms with E-state index in [1.54, 1.807) is 6.29 Å². The van der Waals surface area contributed by atoms with Gasteiger partial charge < -0.3 is 14.2 Å². The van der Waals surface area contributed by atoms with Crippen molar-refractivity contribution in [2.24, 2.45) is 0 Å². The van der Waals surface area contributed by atoms with E-state index in [0.29, 0.717) is 19.8 Å². The van der Waals surface area contributed by atoms with Gasteiger partial charge in [-0.05, 0) is 19.3 Å². The van der Waals surface area contributed by atoms with E-state index in [-0.39, 0.29) is 21.7 Å². The van der Waals surface area contributed by atoms with Crippen LogP contribution in [0.2, 0.25) is 0 Å². The fourth-order valence-electron chi connectivity index (χ4n) is 0.923. The number of hydrogen-bond donors (Lipinski definition) is 0. The van der Waals surface area contributed by atoms with E-state index in [4.69, 9.17) is 14.2 Å². The maximum atomic E-state index is 10.8. The third-order valence-corrected chi connectivity index (χ3v) is 1.61. The molecule has 0 amide bonds. The fraction of sp³-hybridized carbons (Fsp3) is 0.909. The molecule has 0 spiro atoms. The first-order valence-electron chi connectivity index (χ1n) is 5.55. The molecule has 0 aliphatic heterocycles. The van der Waals surface area contributed by atoms with Gasteiger partial charge >= 0.3 is 5.97 Å². The normalized spacial score (nSPS) is 10.9. The number of carbonyl (C=O) groups excluding carboxylic acids is 1. The van der Waals surface area contributed by atoms with Crippen molar-refractivity contribution in [3.05, 3.63) is 0 Å². The van der Waals surface area contributed by atoms with Crippen molar-refractivity contribution < 1.29 is 40.7 Å². The summed E-state index contributed by atoms with van der Waals surface area (Å²) in [6, 6.07) is 0. The van der Waals surface area contributed by atoms with E-state index < -0.39 is 5.97 Å². The Morgan fingerprint density at radius 3 is 1.38 bits per heavy atom. The van der Waals surface area contributed by atoms with Crippen molar-refractivity contribution >= 4 is 6.29 Å². The number of rotatable bonds is 10. The second-order valence-corrected chi connectivity index (χ2v) is 3.20. The molecule has 0 aliphatic carbocycles.